The van der Waals surface area contributed by atoms with Crippen LogP contribution in [-0.4, -0.2) is 47.4 Å². The van der Waals surface area contributed by atoms with Gasteiger partial charge in [-0.15, -0.1) is 0 Å². The van der Waals surface area contributed by atoms with Crippen molar-refractivity contribution in [1.29, 1.82) is 0 Å². The van der Waals surface area contributed by atoms with Gasteiger partial charge in [-0.05, 0) is 51.4 Å². The Balaban J connectivity index is 3.36. The van der Waals surface area contributed by atoms with Crippen LogP contribution in [0, 0.1) is 0 Å². The predicted octanol–water partition coefficient (Wildman–Crippen LogP) is 20.6. The van der Waals surface area contributed by atoms with Crippen molar-refractivity contribution >= 4 is 11.9 Å². The van der Waals surface area contributed by atoms with Gasteiger partial charge in [0.15, 0.2) is 0 Å². The molecule has 0 aliphatic rings. The maximum Gasteiger partial charge on any atom is 0.305 e. The van der Waals surface area contributed by atoms with Crippen molar-refractivity contribution in [2.45, 2.75) is 373 Å². The molecule has 0 rings (SSSR count). The summed E-state index contributed by atoms with van der Waals surface area (Å²) in [5.41, 5.74) is 0. The molecule has 0 saturated carbocycles. The summed E-state index contributed by atoms with van der Waals surface area (Å²) in [4.78, 5) is 24.5. The molecule has 0 fully saturated rings. The maximum atomic E-state index is 12.5. The molecule has 0 spiro atoms. The van der Waals surface area contributed by atoms with E-state index >= 15 is 0 Å². The monoisotopic (exact) mass is 1010 g/mol. The lowest BCUT2D eigenvalue weighted by atomic mass is 10.0. The molecule has 0 bridgehead atoms. The molecule has 72 heavy (non-hydrogen) atoms. The summed E-state index contributed by atoms with van der Waals surface area (Å²) in [6, 6.07) is -0.540. The number of allylic oxidation sites excluding steroid dienone is 4. The summed E-state index contributed by atoms with van der Waals surface area (Å²) >= 11 is 0. The molecular weight excluding hydrogens is 887 g/mol. The Hall–Kier alpha value is -1.66. The number of nitrogens with one attached hydrogen (secondary N) is 1. The molecule has 1 amide bonds. The molecule has 0 saturated heterocycles. The average Bonchev–Trinajstić information content (AvgIpc) is 3.38. The number of ether oxygens (including phenoxy) is 1. The van der Waals surface area contributed by atoms with Crippen LogP contribution in [-0.2, 0) is 14.3 Å². The highest BCUT2D eigenvalue weighted by Crippen LogP contribution is 2.18. The Morgan fingerprint density at radius 3 is 1.10 bits per heavy atom. The van der Waals surface area contributed by atoms with Gasteiger partial charge in [-0.25, -0.2) is 0 Å². The molecule has 0 aromatic carbocycles. The summed E-state index contributed by atoms with van der Waals surface area (Å²) in [6.45, 7) is 4.93. The summed E-state index contributed by atoms with van der Waals surface area (Å²) in [5.74, 6) is -0.0284. The molecular formula is C66H127NO5. The fourth-order valence-electron chi connectivity index (χ4n) is 10.2. The molecule has 3 N–H and O–H groups in total. The summed E-state index contributed by atoms with van der Waals surface area (Å²) in [7, 11) is 0. The van der Waals surface area contributed by atoms with Crippen molar-refractivity contribution in [2.24, 2.45) is 0 Å². The Labute approximate surface area is 450 Å². The third-order valence-electron chi connectivity index (χ3n) is 15.3. The largest absolute Gasteiger partial charge is 0.466 e. The van der Waals surface area contributed by atoms with Crippen LogP contribution in [0.1, 0.15) is 361 Å². The van der Waals surface area contributed by atoms with Gasteiger partial charge in [0.05, 0.1) is 25.4 Å². The molecule has 426 valence electrons. The number of hydrogen-bond donors (Lipinski definition) is 3. The van der Waals surface area contributed by atoms with E-state index in [4.69, 9.17) is 4.74 Å². The first-order valence-corrected chi connectivity index (χ1v) is 32.6. The number of carbonyl (C=O) groups excluding carboxylic acids is 2. The molecule has 0 aromatic heterocycles. The topological polar surface area (TPSA) is 95.9 Å². The van der Waals surface area contributed by atoms with Crippen molar-refractivity contribution in [3.05, 3.63) is 24.3 Å². The molecule has 0 heterocycles. The van der Waals surface area contributed by atoms with Gasteiger partial charge in [-0.3, -0.25) is 9.59 Å². The van der Waals surface area contributed by atoms with Gasteiger partial charge in [0, 0.05) is 12.8 Å². The second kappa shape index (κ2) is 61.9. The van der Waals surface area contributed by atoms with E-state index in [1.165, 1.54) is 276 Å². The zero-order chi connectivity index (χ0) is 52.2. The predicted molar refractivity (Wildman–Crippen MR) is 315 cm³/mol. The lowest BCUT2D eigenvalue weighted by molar-refractivity contribution is -0.143. The first kappa shape index (κ1) is 70.3. The van der Waals surface area contributed by atoms with Crippen molar-refractivity contribution < 1.29 is 24.5 Å². The summed E-state index contributed by atoms with van der Waals surface area (Å²) in [6.07, 6.45) is 76.3. The van der Waals surface area contributed by atoms with Crippen LogP contribution in [0.25, 0.3) is 0 Å². The highest BCUT2D eigenvalue weighted by atomic mass is 16.5. The van der Waals surface area contributed by atoms with Crippen molar-refractivity contribution in [3.63, 3.8) is 0 Å². The van der Waals surface area contributed by atoms with Crippen molar-refractivity contribution in [2.75, 3.05) is 13.2 Å². The standard InChI is InChI=1S/C66H127NO5/c1-3-5-7-9-11-13-15-17-19-31-34-38-42-46-50-54-58-64(69)63(62-68)67-65(70)59-55-51-47-43-39-35-32-29-27-25-23-21-20-22-24-26-28-30-33-37-41-45-49-53-57-61-72-66(71)60-56-52-48-44-40-36-18-16-14-12-10-8-6-4-2/h10,12,16,18,63-64,68-69H,3-9,11,13-15,17,19-62H2,1-2H3,(H,67,70)/b12-10-,18-16-. The summed E-state index contributed by atoms with van der Waals surface area (Å²) < 4.78 is 5.48. The van der Waals surface area contributed by atoms with Crippen LogP contribution >= 0.6 is 0 Å². The Morgan fingerprint density at radius 1 is 0.389 bits per heavy atom. The molecule has 0 radical (unpaired) electrons. The average molecular weight is 1010 g/mol. The van der Waals surface area contributed by atoms with Crippen molar-refractivity contribution in [1.82, 2.24) is 5.32 Å². The number of aliphatic hydroxyl groups excluding tert-OH is 2. The first-order chi connectivity index (χ1) is 35.5. The minimum Gasteiger partial charge on any atom is -0.466 e. The van der Waals surface area contributed by atoms with E-state index in [1.807, 2.05) is 0 Å². The van der Waals surface area contributed by atoms with Crippen LogP contribution in [0.4, 0.5) is 0 Å². The van der Waals surface area contributed by atoms with Gasteiger partial charge in [0.2, 0.25) is 5.91 Å². The van der Waals surface area contributed by atoms with Crippen LogP contribution in [0.15, 0.2) is 24.3 Å². The third kappa shape index (κ3) is 57.6. The van der Waals surface area contributed by atoms with Gasteiger partial charge in [-0.1, -0.05) is 321 Å². The number of carbonyl (C=O) groups is 2. The highest BCUT2D eigenvalue weighted by Gasteiger charge is 2.20. The maximum absolute atomic E-state index is 12.5. The normalized spacial score (nSPS) is 12.7. The number of hydrogen-bond acceptors (Lipinski definition) is 5. The lowest BCUT2D eigenvalue weighted by Gasteiger charge is -2.22. The number of rotatable bonds is 61. The fraction of sp³-hybridized carbons (Fsp3) is 0.909. The second-order valence-electron chi connectivity index (χ2n) is 22.5. The van der Waals surface area contributed by atoms with E-state index in [0.717, 1.165) is 51.4 Å². The SMILES string of the molecule is CCCC/C=C\C/C=C\CCCCCCCC(=O)OCCCCCCCCCCCCCCCCCCCCCCCCCCCC(=O)NC(CO)C(O)CCCCCCCCCCCCCCCCCC. The molecule has 0 aliphatic heterocycles. The summed E-state index contributed by atoms with van der Waals surface area (Å²) in [5, 5.41) is 23.3. The molecule has 6 heteroatoms. The lowest BCUT2D eigenvalue weighted by Crippen LogP contribution is -2.45. The Kier molecular flexibility index (Phi) is 60.5. The van der Waals surface area contributed by atoms with Gasteiger partial charge in [0.25, 0.3) is 0 Å². The third-order valence-corrected chi connectivity index (χ3v) is 15.3. The second-order valence-corrected chi connectivity index (χ2v) is 22.5. The van der Waals surface area contributed by atoms with Gasteiger partial charge in [0.1, 0.15) is 0 Å². The van der Waals surface area contributed by atoms with Crippen LogP contribution in [0.2, 0.25) is 0 Å². The molecule has 2 unspecified atom stereocenters. The van der Waals surface area contributed by atoms with E-state index < -0.39 is 12.1 Å². The Morgan fingerprint density at radius 2 is 0.708 bits per heavy atom. The Bertz CT molecular complexity index is 1120. The van der Waals surface area contributed by atoms with Crippen LogP contribution < -0.4 is 5.32 Å². The van der Waals surface area contributed by atoms with E-state index in [1.54, 1.807) is 0 Å². The van der Waals surface area contributed by atoms with Gasteiger partial charge < -0.3 is 20.3 Å². The number of amides is 1. The molecule has 2 atom stereocenters. The van der Waals surface area contributed by atoms with E-state index in [2.05, 4.69) is 43.5 Å². The fourth-order valence-corrected chi connectivity index (χ4v) is 10.2. The zero-order valence-corrected chi connectivity index (χ0v) is 48.7. The molecule has 0 aliphatic carbocycles. The molecule has 0 aromatic rings. The van der Waals surface area contributed by atoms with Gasteiger partial charge in [-0.2, -0.15) is 0 Å². The van der Waals surface area contributed by atoms with E-state index in [0.29, 0.717) is 25.9 Å². The zero-order valence-electron chi connectivity index (χ0n) is 48.7. The highest BCUT2D eigenvalue weighted by molar-refractivity contribution is 5.76. The van der Waals surface area contributed by atoms with E-state index in [-0.39, 0.29) is 18.5 Å². The number of aliphatic hydroxyl groups is 2. The van der Waals surface area contributed by atoms with E-state index in [9.17, 15) is 19.8 Å². The minimum absolute atomic E-state index is 0.00222. The smallest absolute Gasteiger partial charge is 0.305 e. The first-order valence-electron chi connectivity index (χ1n) is 32.6. The number of unbranched alkanes of at least 4 members (excludes halogenated alkanes) is 46. The van der Waals surface area contributed by atoms with Gasteiger partial charge >= 0.3 is 5.97 Å². The van der Waals surface area contributed by atoms with Crippen LogP contribution in [0.3, 0.4) is 0 Å². The number of esters is 1. The quantitative estimate of drug-likeness (QED) is 0.0320. The van der Waals surface area contributed by atoms with Crippen LogP contribution in [0.5, 0.6) is 0 Å². The molecule has 6 nitrogen and oxygen atoms in total. The van der Waals surface area contributed by atoms with Crippen molar-refractivity contribution in [3.8, 4) is 0 Å². The minimum atomic E-state index is -0.663.